The number of benzene rings is 1. The van der Waals surface area contributed by atoms with E-state index in [1.54, 1.807) is 0 Å². The van der Waals surface area contributed by atoms with Crippen molar-refractivity contribution in [3.05, 3.63) is 29.3 Å². The smallest absolute Gasteiger partial charge is 0.213 e. The van der Waals surface area contributed by atoms with Crippen LogP contribution in [0.4, 0.5) is 14.5 Å². The fraction of sp³-hybridized carbons (Fsp3) is 0.300. The van der Waals surface area contributed by atoms with Crippen LogP contribution in [-0.2, 0) is 10.0 Å². The second-order valence-electron chi connectivity index (χ2n) is 3.35. The number of rotatable bonds is 5. The van der Waals surface area contributed by atoms with Gasteiger partial charge in [-0.25, -0.2) is 21.9 Å². The first-order valence-corrected chi connectivity index (χ1v) is 6.59. The summed E-state index contributed by atoms with van der Waals surface area (Å²) in [5.41, 5.74) is -0.585. The van der Waals surface area contributed by atoms with Gasteiger partial charge in [0.25, 0.3) is 0 Å². The Morgan fingerprint density at radius 1 is 1.33 bits per heavy atom. The zero-order valence-electron chi connectivity index (χ0n) is 9.50. The molecule has 0 amide bonds. The summed E-state index contributed by atoms with van der Waals surface area (Å²) in [5, 5.41) is 10.9. The summed E-state index contributed by atoms with van der Waals surface area (Å²) in [6.45, 7) is -0.0779. The predicted octanol–water partition coefficient (Wildman–Crippen LogP) is 0.798. The fourth-order valence-corrected chi connectivity index (χ4v) is 1.77. The molecule has 0 heterocycles. The molecule has 0 bridgehead atoms. The first-order chi connectivity index (χ1) is 8.41. The highest BCUT2D eigenvalue weighted by atomic mass is 32.2. The largest absolute Gasteiger partial charge is 0.382 e. The van der Waals surface area contributed by atoms with Gasteiger partial charge >= 0.3 is 0 Å². The van der Waals surface area contributed by atoms with E-state index in [-0.39, 0.29) is 18.0 Å². The molecule has 0 fully saturated rings. The van der Waals surface area contributed by atoms with Gasteiger partial charge in [-0.1, -0.05) is 0 Å². The molecule has 0 spiro atoms. The maximum absolute atomic E-state index is 13.4. The first kappa shape index (κ1) is 14.3. The summed E-state index contributed by atoms with van der Waals surface area (Å²) in [4.78, 5) is 0. The Kier molecular flexibility index (Phi) is 4.58. The van der Waals surface area contributed by atoms with Crippen LogP contribution in [0.1, 0.15) is 5.56 Å². The molecule has 0 aliphatic carbocycles. The van der Waals surface area contributed by atoms with Gasteiger partial charge in [0, 0.05) is 6.54 Å². The summed E-state index contributed by atoms with van der Waals surface area (Å²) in [6, 6.07) is 3.81. The van der Waals surface area contributed by atoms with Gasteiger partial charge in [-0.05, 0) is 19.2 Å². The highest BCUT2D eigenvalue weighted by Crippen LogP contribution is 2.19. The Balaban J connectivity index is 2.76. The quantitative estimate of drug-likeness (QED) is 0.832. The molecule has 0 atom stereocenters. The van der Waals surface area contributed by atoms with E-state index in [4.69, 9.17) is 5.26 Å². The minimum atomic E-state index is -3.41. The second-order valence-corrected chi connectivity index (χ2v) is 5.40. The molecular formula is C10H11F2N3O2S. The molecular weight excluding hydrogens is 264 g/mol. The van der Waals surface area contributed by atoms with Gasteiger partial charge in [0.05, 0.1) is 17.0 Å². The number of nitrogens with one attached hydrogen (secondary N) is 2. The Morgan fingerprint density at radius 3 is 2.56 bits per heavy atom. The third kappa shape index (κ3) is 3.38. The number of anilines is 1. The molecule has 0 saturated carbocycles. The highest BCUT2D eigenvalue weighted by molar-refractivity contribution is 7.89. The monoisotopic (exact) mass is 275 g/mol. The number of halogens is 2. The lowest BCUT2D eigenvalue weighted by atomic mass is 10.2. The molecule has 8 heteroatoms. The molecule has 98 valence electrons. The van der Waals surface area contributed by atoms with Crippen LogP contribution in [0, 0.1) is 23.0 Å². The van der Waals surface area contributed by atoms with E-state index in [2.05, 4.69) is 10.0 Å². The van der Waals surface area contributed by atoms with E-state index >= 15 is 0 Å². The number of nitrogens with zero attached hydrogens (tertiary/aromatic N) is 1. The van der Waals surface area contributed by atoms with Crippen molar-refractivity contribution in [3.8, 4) is 6.07 Å². The van der Waals surface area contributed by atoms with E-state index in [1.165, 1.54) is 19.2 Å². The molecule has 1 rings (SSSR count). The van der Waals surface area contributed by atoms with Crippen molar-refractivity contribution in [2.45, 2.75) is 0 Å². The number of sulfonamides is 1. The lowest BCUT2D eigenvalue weighted by Gasteiger charge is -2.08. The van der Waals surface area contributed by atoms with Crippen LogP contribution in [0.5, 0.6) is 0 Å². The maximum Gasteiger partial charge on any atom is 0.213 e. The van der Waals surface area contributed by atoms with E-state index in [1.807, 2.05) is 0 Å². The van der Waals surface area contributed by atoms with Crippen LogP contribution in [0.15, 0.2) is 12.1 Å². The Morgan fingerprint density at radius 2 is 2.00 bits per heavy atom. The summed E-state index contributed by atoms with van der Waals surface area (Å²) in [5.74, 6) is -2.72. The molecule has 0 aliphatic heterocycles. The van der Waals surface area contributed by atoms with Gasteiger partial charge < -0.3 is 5.32 Å². The minimum absolute atomic E-state index is 0.0779. The van der Waals surface area contributed by atoms with Crippen LogP contribution in [0.25, 0.3) is 0 Å². The van der Waals surface area contributed by atoms with Gasteiger partial charge in [-0.2, -0.15) is 5.26 Å². The molecule has 0 aromatic heterocycles. The highest BCUT2D eigenvalue weighted by Gasteiger charge is 2.13. The van der Waals surface area contributed by atoms with Crippen molar-refractivity contribution in [1.82, 2.24) is 4.72 Å². The lowest BCUT2D eigenvalue weighted by molar-refractivity contribution is 0.508. The molecule has 5 nitrogen and oxygen atoms in total. The van der Waals surface area contributed by atoms with Crippen LogP contribution < -0.4 is 10.0 Å². The number of nitriles is 1. The van der Waals surface area contributed by atoms with Crippen LogP contribution in [-0.4, -0.2) is 27.8 Å². The normalized spacial score (nSPS) is 11.0. The Labute approximate surface area is 103 Å². The molecule has 1 aromatic rings. The SMILES string of the molecule is CNS(=O)(=O)CCNc1ccc(C#N)c(F)c1F. The fourth-order valence-electron chi connectivity index (χ4n) is 1.19. The molecule has 0 saturated heterocycles. The number of hydrogen-bond acceptors (Lipinski definition) is 4. The standard InChI is InChI=1S/C10H11F2N3O2S/c1-14-18(16,17)5-4-15-8-3-2-7(6-13)9(11)10(8)12/h2-3,14-15H,4-5H2,1H3. The van der Waals surface area contributed by atoms with E-state index in [9.17, 15) is 17.2 Å². The summed E-state index contributed by atoms with van der Waals surface area (Å²) in [6.07, 6.45) is 0. The van der Waals surface area contributed by atoms with Crippen molar-refractivity contribution in [2.24, 2.45) is 0 Å². The molecule has 2 N–H and O–H groups in total. The zero-order chi connectivity index (χ0) is 13.8. The Hall–Kier alpha value is -1.72. The second kappa shape index (κ2) is 5.75. The first-order valence-electron chi connectivity index (χ1n) is 4.94. The summed E-state index contributed by atoms with van der Waals surface area (Å²) < 4.78 is 50.9. The van der Waals surface area contributed by atoms with Gasteiger partial charge in [0.2, 0.25) is 10.0 Å². The maximum atomic E-state index is 13.4. The average molecular weight is 275 g/mol. The van der Waals surface area contributed by atoms with Crippen LogP contribution in [0.3, 0.4) is 0 Å². The van der Waals surface area contributed by atoms with Crippen LogP contribution in [0.2, 0.25) is 0 Å². The molecule has 1 aromatic carbocycles. The van der Waals surface area contributed by atoms with Crippen molar-refractivity contribution >= 4 is 15.7 Å². The van der Waals surface area contributed by atoms with Crippen molar-refractivity contribution < 1.29 is 17.2 Å². The van der Waals surface area contributed by atoms with Gasteiger partial charge in [-0.3, -0.25) is 0 Å². The summed E-state index contributed by atoms with van der Waals surface area (Å²) in [7, 11) is -2.15. The third-order valence-electron chi connectivity index (χ3n) is 2.20. The van der Waals surface area contributed by atoms with Crippen molar-refractivity contribution in [3.63, 3.8) is 0 Å². The molecule has 0 radical (unpaired) electrons. The van der Waals surface area contributed by atoms with E-state index in [0.717, 1.165) is 6.07 Å². The predicted molar refractivity (Wildman–Crippen MR) is 62.4 cm³/mol. The van der Waals surface area contributed by atoms with Crippen molar-refractivity contribution in [1.29, 1.82) is 5.26 Å². The van der Waals surface area contributed by atoms with Gasteiger partial charge in [0.15, 0.2) is 11.6 Å². The van der Waals surface area contributed by atoms with Crippen LogP contribution >= 0.6 is 0 Å². The average Bonchev–Trinajstić information content (AvgIpc) is 2.35. The van der Waals surface area contributed by atoms with E-state index < -0.39 is 27.2 Å². The number of hydrogen-bond donors (Lipinski definition) is 2. The Bertz CT molecular complexity index is 582. The summed E-state index contributed by atoms with van der Waals surface area (Å²) >= 11 is 0. The van der Waals surface area contributed by atoms with Gasteiger partial charge in [0.1, 0.15) is 6.07 Å². The van der Waals surface area contributed by atoms with Gasteiger partial charge in [-0.15, -0.1) is 0 Å². The minimum Gasteiger partial charge on any atom is -0.382 e. The lowest BCUT2D eigenvalue weighted by Crippen LogP contribution is -2.26. The zero-order valence-corrected chi connectivity index (χ0v) is 10.3. The third-order valence-corrected chi connectivity index (χ3v) is 3.56. The molecule has 18 heavy (non-hydrogen) atoms. The topological polar surface area (TPSA) is 82.0 Å². The molecule has 0 aliphatic rings. The van der Waals surface area contributed by atoms with Crippen molar-refractivity contribution in [2.75, 3.05) is 24.7 Å². The van der Waals surface area contributed by atoms with E-state index in [0.29, 0.717) is 0 Å². The molecule has 0 unspecified atom stereocenters.